The van der Waals surface area contributed by atoms with Gasteiger partial charge in [-0.15, -0.1) is 0 Å². The highest BCUT2D eigenvalue weighted by atomic mass is 16.5. The van der Waals surface area contributed by atoms with Gasteiger partial charge in [0, 0.05) is 16.8 Å². The van der Waals surface area contributed by atoms with Gasteiger partial charge >= 0.3 is 0 Å². The number of hydrogen-bond acceptors (Lipinski definition) is 3. The van der Waals surface area contributed by atoms with Crippen LogP contribution in [0.3, 0.4) is 0 Å². The molecule has 0 fully saturated rings. The number of hydrogen-bond donors (Lipinski definition) is 2. The third-order valence-electron chi connectivity index (χ3n) is 2.47. The smallest absolute Gasteiger partial charge is 0.251 e. The van der Waals surface area contributed by atoms with E-state index in [0.717, 1.165) is 0 Å². The van der Waals surface area contributed by atoms with Crippen molar-refractivity contribution in [1.29, 1.82) is 0 Å². The first-order valence-corrected chi connectivity index (χ1v) is 7.01. The summed E-state index contributed by atoms with van der Waals surface area (Å²) in [6, 6.07) is 6.76. The van der Waals surface area contributed by atoms with Crippen molar-refractivity contribution in [2.24, 2.45) is 0 Å². The zero-order chi connectivity index (χ0) is 16.0. The van der Waals surface area contributed by atoms with Gasteiger partial charge in [-0.3, -0.25) is 9.59 Å². The van der Waals surface area contributed by atoms with Crippen LogP contribution in [-0.2, 0) is 9.53 Å². The monoisotopic (exact) mass is 292 g/mol. The minimum atomic E-state index is -0.280. The summed E-state index contributed by atoms with van der Waals surface area (Å²) >= 11 is 0. The molecule has 0 aliphatic heterocycles. The van der Waals surface area contributed by atoms with Crippen LogP contribution in [0, 0.1) is 0 Å². The van der Waals surface area contributed by atoms with Crippen molar-refractivity contribution in [1.82, 2.24) is 5.32 Å². The molecule has 0 aromatic heterocycles. The van der Waals surface area contributed by atoms with Gasteiger partial charge in [0.05, 0.1) is 6.10 Å². The molecule has 116 valence electrons. The van der Waals surface area contributed by atoms with E-state index in [4.69, 9.17) is 4.74 Å². The number of nitrogens with one attached hydrogen (secondary N) is 2. The summed E-state index contributed by atoms with van der Waals surface area (Å²) in [5.41, 5.74) is 0.916. The Bertz CT molecular complexity index is 487. The predicted octanol–water partition coefficient (Wildman–Crippen LogP) is 2.58. The van der Waals surface area contributed by atoms with Crippen molar-refractivity contribution in [3.05, 3.63) is 29.8 Å². The van der Waals surface area contributed by atoms with Crippen LogP contribution in [0.15, 0.2) is 24.3 Å². The molecule has 1 rings (SSSR count). The van der Waals surface area contributed by atoms with Gasteiger partial charge in [0.2, 0.25) is 5.91 Å². The maximum absolute atomic E-state index is 12.0. The molecule has 0 saturated heterocycles. The average Bonchev–Trinajstić information content (AvgIpc) is 2.35. The first kappa shape index (κ1) is 17.2. The van der Waals surface area contributed by atoms with E-state index in [0.29, 0.717) is 11.3 Å². The van der Waals surface area contributed by atoms with Gasteiger partial charge in [0.25, 0.3) is 5.91 Å². The minimum absolute atomic E-state index is 0.0132. The lowest BCUT2D eigenvalue weighted by molar-refractivity contribution is -0.121. The molecule has 0 spiro atoms. The van der Waals surface area contributed by atoms with Crippen LogP contribution in [0.4, 0.5) is 5.69 Å². The third-order valence-corrected chi connectivity index (χ3v) is 2.47. The molecule has 0 aliphatic carbocycles. The molecule has 5 heteroatoms. The van der Waals surface area contributed by atoms with Crippen molar-refractivity contribution >= 4 is 17.5 Å². The van der Waals surface area contributed by atoms with E-state index in [1.165, 1.54) is 0 Å². The summed E-state index contributed by atoms with van der Waals surface area (Å²) < 4.78 is 5.22. The lowest BCUT2D eigenvalue weighted by atomic mass is 10.1. The number of carbonyl (C=O) groups is 2. The second kappa shape index (κ2) is 7.22. The van der Waals surface area contributed by atoms with Crippen LogP contribution in [0.1, 0.15) is 45.0 Å². The Balaban J connectivity index is 2.58. The highest BCUT2D eigenvalue weighted by molar-refractivity contribution is 5.96. The van der Waals surface area contributed by atoms with E-state index in [1.807, 2.05) is 34.6 Å². The summed E-state index contributed by atoms with van der Waals surface area (Å²) in [7, 11) is 0. The van der Waals surface area contributed by atoms with Gasteiger partial charge < -0.3 is 15.4 Å². The fourth-order valence-electron chi connectivity index (χ4n) is 1.56. The van der Waals surface area contributed by atoms with Crippen LogP contribution in [0.2, 0.25) is 0 Å². The molecule has 0 saturated carbocycles. The maximum atomic E-state index is 12.0. The fourth-order valence-corrected chi connectivity index (χ4v) is 1.56. The molecule has 5 nitrogen and oxygen atoms in total. The molecule has 21 heavy (non-hydrogen) atoms. The lowest BCUT2D eigenvalue weighted by Crippen LogP contribution is -2.40. The second-order valence-electron chi connectivity index (χ2n) is 6.19. The van der Waals surface area contributed by atoms with Gasteiger partial charge in [-0.05, 0) is 58.9 Å². The molecule has 0 bridgehead atoms. The largest absolute Gasteiger partial charge is 0.369 e. The highest BCUT2D eigenvalue weighted by Crippen LogP contribution is 2.11. The molecular formula is C16H24N2O3. The highest BCUT2D eigenvalue weighted by Gasteiger charge is 2.15. The fraction of sp³-hybridized carbons (Fsp3) is 0.500. The molecule has 0 radical (unpaired) electrons. The number of carbonyl (C=O) groups excluding carboxylic acids is 2. The van der Waals surface area contributed by atoms with Crippen LogP contribution < -0.4 is 10.6 Å². The zero-order valence-corrected chi connectivity index (χ0v) is 13.3. The Morgan fingerprint density at radius 2 is 1.71 bits per heavy atom. The molecule has 2 amide bonds. The standard InChI is InChI=1S/C16H24N2O3/c1-11(2)21-10-14(19)17-13-8-6-12(7-9-13)15(20)18-16(3,4)5/h6-9,11H,10H2,1-5H3,(H,17,19)(H,18,20). The molecular weight excluding hydrogens is 268 g/mol. The summed E-state index contributed by atoms with van der Waals surface area (Å²) in [6.45, 7) is 9.53. The van der Waals surface area contributed by atoms with Crippen molar-refractivity contribution in [2.75, 3.05) is 11.9 Å². The van der Waals surface area contributed by atoms with E-state index in [9.17, 15) is 9.59 Å². The van der Waals surface area contributed by atoms with Gasteiger partial charge in [0.1, 0.15) is 6.61 Å². The summed E-state index contributed by atoms with van der Waals surface area (Å²) in [5, 5.41) is 5.60. The SMILES string of the molecule is CC(C)OCC(=O)Nc1ccc(C(=O)NC(C)(C)C)cc1. The second-order valence-corrected chi connectivity index (χ2v) is 6.19. The average molecular weight is 292 g/mol. The summed E-state index contributed by atoms with van der Waals surface area (Å²) in [6.07, 6.45) is 0.0132. The first-order chi connectivity index (χ1) is 9.67. The molecule has 0 aliphatic rings. The number of amides is 2. The van der Waals surface area contributed by atoms with E-state index in [2.05, 4.69) is 10.6 Å². The Morgan fingerprint density at radius 1 is 1.14 bits per heavy atom. The zero-order valence-electron chi connectivity index (χ0n) is 13.3. The van der Waals surface area contributed by atoms with E-state index in [1.54, 1.807) is 24.3 Å². The predicted molar refractivity (Wildman–Crippen MR) is 83.4 cm³/mol. The first-order valence-electron chi connectivity index (χ1n) is 7.01. The minimum Gasteiger partial charge on any atom is -0.369 e. The molecule has 0 heterocycles. The topological polar surface area (TPSA) is 67.4 Å². The van der Waals surface area contributed by atoms with Crippen molar-refractivity contribution in [2.45, 2.75) is 46.3 Å². The van der Waals surface area contributed by atoms with Crippen molar-refractivity contribution < 1.29 is 14.3 Å². The molecule has 1 aromatic rings. The van der Waals surface area contributed by atoms with Crippen LogP contribution in [0.25, 0.3) is 0 Å². The van der Waals surface area contributed by atoms with E-state index >= 15 is 0 Å². The van der Waals surface area contributed by atoms with Crippen LogP contribution in [0.5, 0.6) is 0 Å². The van der Waals surface area contributed by atoms with Crippen LogP contribution in [-0.4, -0.2) is 30.1 Å². The maximum Gasteiger partial charge on any atom is 0.251 e. The van der Waals surface area contributed by atoms with E-state index < -0.39 is 0 Å². The number of anilines is 1. The Labute approximate surface area is 126 Å². The van der Waals surface area contributed by atoms with Crippen molar-refractivity contribution in [3.8, 4) is 0 Å². The van der Waals surface area contributed by atoms with Gasteiger partial charge in [-0.2, -0.15) is 0 Å². The normalized spacial score (nSPS) is 11.3. The third kappa shape index (κ3) is 6.90. The van der Waals surface area contributed by atoms with E-state index in [-0.39, 0.29) is 30.1 Å². The van der Waals surface area contributed by atoms with Gasteiger partial charge in [0.15, 0.2) is 0 Å². The number of ether oxygens (including phenoxy) is 1. The number of rotatable bonds is 5. The van der Waals surface area contributed by atoms with Gasteiger partial charge in [-0.25, -0.2) is 0 Å². The van der Waals surface area contributed by atoms with Crippen LogP contribution >= 0.6 is 0 Å². The Hall–Kier alpha value is -1.88. The summed E-state index contributed by atoms with van der Waals surface area (Å²) in [4.78, 5) is 23.6. The molecule has 0 atom stereocenters. The Morgan fingerprint density at radius 3 is 2.19 bits per heavy atom. The van der Waals surface area contributed by atoms with Crippen molar-refractivity contribution in [3.63, 3.8) is 0 Å². The molecule has 0 unspecified atom stereocenters. The molecule has 1 aromatic carbocycles. The quantitative estimate of drug-likeness (QED) is 0.876. The Kier molecular flexibility index (Phi) is 5.90. The molecule has 2 N–H and O–H groups in total. The lowest BCUT2D eigenvalue weighted by Gasteiger charge is -2.20. The summed E-state index contributed by atoms with van der Waals surface area (Å²) in [5.74, 6) is -0.348. The number of benzene rings is 1. The van der Waals surface area contributed by atoms with Gasteiger partial charge in [-0.1, -0.05) is 0 Å².